The number of hydrogen-bond donors (Lipinski definition) is 0. The van der Waals surface area contributed by atoms with Crippen molar-refractivity contribution < 1.29 is 26.4 Å². The maximum absolute atomic E-state index is 12.4. The van der Waals surface area contributed by atoms with Crippen LogP contribution in [0.3, 0.4) is 0 Å². The zero-order valence-electron chi connectivity index (χ0n) is 10.4. The monoisotopic (exact) mass is 294 g/mol. The highest BCUT2D eigenvalue weighted by atomic mass is 32.2. The van der Waals surface area contributed by atoms with Gasteiger partial charge in [-0.25, -0.2) is 8.42 Å². The number of rotatable bonds is 4. The van der Waals surface area contributed by atoms with E-state index in [1.54, 1.807) is 0 Å². The van der Waals surface area contributed by atoms with Gasteiger partial charge in [-0.15, -0.1) is 0 Å². The van der Waals surface area contributed by atoms with Gasteiger partial charge < -0.3 is 0 Å². The van der Waals surface area contributed by atoms with Gasteiger partial charge in [0.25, 0.3) is 0 Å². The number of carbonyl (C=O) groups is 1. The molecule has 3 nitrogen and oxygen atoms in total. The van der Waals surface area contributed by atoms with Crippen LogP contribution in [0.15, 0.2) is 29.2 Å². The lowest BCUT2D eigenvalue weighted by Crippen LogP contribution is -2.26. The van der Waals surface area contributed by atoms with Gasteiger partial charge in [-0.3, -0.25) is 4.79 Å². The summed E-state index contributed by atoms with van der Waals surface area (Å²) in [7, 11) is -3.93. The molecule has 19 heavy (non-hydrogen) atoms. The SMILES string of the molecule is CCC(=O)C(C)S(=O)(=O)c1ccc(C(F)(F)F)cc1. The zero-order chi connectivity index (χ0) is 14.8. The maximum Gasteiger partial charge on any atom is 0.416 e. The molecular formula is C12H13F3O3S. The van der Waals surface area contributed by atoms with E-state index in [0.29, 0.717) is 12.1 Å². The van der Waals surface area contributed by atoms with Crippen molar-refractivity contribution in [3.8, 4) is 0 Å². The lowest BCUT2D eigenvalue weighted by atomic mass is 10.2. The molecule has 0 aromatic heterocycles. The molecule has 1 atom stereocenters. The van der Waals surface area contributed by atoms with Crippen molar-refractivity contribution in [2.75, 3.05) is 0 Å². The minimum atomic E-state index is -4.52. The van der Waals surface area contributed by atoms with Crippen LogP contribution in [0.5, 0.6) is 0 Å². The molecular weight excluding hydrogens is 281 g/mol. The lowest BCUT2D eigenvalue weighted by molar-refractivity contribution is -0.137. The van der Waals surface area contributed by atoms with Crippen LogP contribution in [0.4, 0.5) is 13.2 Å². The first-order valence-corrected chi connectivity index (χ1v) is 7.09. The summed E-state index contributed by atoms with van der Waals surface area (Å²) in [5, 5.41) is -1.26. The van der Waals surface area contributed by atoms with E-state index in [4.69, 9.17) is 0 Å². The summed E-state index contributed by atoms with van der Waals surface area (Å²) in [5.74, 6) is -0.472. The van der Waals surface area contributed by atoms with Gasteiger partial charge in [0.15, 0.2) is 15.6 Å². The van der Waals surface area contributed by atoms with Crippen LogP contribution in [0.1, 0.15) is 25.8 Å². The Bertz CT molecular complexity index is 559. The smallest absolute Gasteiger partial charge is 0.298 e. The van der Waals surface area contributed by atoms with Crippen molar-refractivity contribution in [2.24, 2.45) is 0 Å². The average Bonchev–Trinajstić information content (AvgIpc) is 2.36. The summed E-state index contributed by atoms with van der Waals surface area (Å²) in [6.45, 7) is 2.76. The van der Waals surface area contributed by atoms with E-state index in [9.17, 15) is 26.4 Å². The number of alkyl halides is 3. The molecule has 1 aromatic carbocycles. The molecule has 0 amide bonds. The molecule has 1 aromatic rings. The van der Waals surface area contributed by atoms with Crippen LogP contribution in [0.25, 0.3) is 0 Å². The van der Waals surface area contributed by atoms with Crippen LogP contribution in [-0.4, -0.2) is 19.5 Å². The Hall–Kier alpha value is -1.37. The number of Topliss-reactive ketones (excluding diaryl/α,β-unsaturated/α-hetero) is 1. The highest BCUT2D eigenvalue weighted by Gasteiger charge is 2.32. The summed E-state index contributed by atoms with van der Waals surface area (Å²) in [6, 6.07) is 3.13. The third kappa shape index (κ3) is 3.34. The molecule has 0 aliphatic rings. The molecule has 0 fully saturated rings. The zero-order valence-corrected chi connectivity index (χ0v) is 11.2. The highest BCUT2D eigenvalue weighted by Crippen LogP contribution is 2.30. The standard InChI is InChI=1S/C12H13F3O3S/c1-3-11(16)8(2)19(17,18)10-6-4-9(5-7-10)12(13,14)15/h4-8H,3H2,1-2H3. The molecule has 1 rings (SSSR count). The Morgan fingerprint density at radius 1 is 1.21 bits per heavy atom. The maximum atomic E-state index is 12.4. The molecule has 0 aliphatic heterocycles. The Morgan fingerprint density at radius 2 is 1.68 bits per heavy atom. The lowest BCUT2D eigenvalue weighted by Gasteiger charge is -2.12. The minimum absolute atomic E-state index is 0.0566. The van der Waals surface area contributed by atoms with Gasteiger partial charge in [0, 0.05) is 6.42 Å². The molecule has 0 saturated carbocycles. The molecule has 0 spiro atoms. The molecule has 106 valence electrons. The van der Waals surface area contributed by atoms with Crippen molar-refractivity contribution in [1.82, 2.24) is 0 Å². The molecule has 0 heterocycles. The number of hydrogen-bond acceptors (Lipinski definition) is 3. The Balaban J connectivity index is 3.14. The number of halogens is 3. The second kappa shape index (κ2) is 5.32. The van der Waals surface area contributed by atoms with Crippen molar-refractivity contribution in [2.45, 2.75) is 36.6 Å². The van der Waals surface area contributed by atoms with Crippen LogP contribution in [0.2, 0.25) is 0 Å². The fraction of sp³-hybridized carbons (Fsp3) is 0.417. The van der Waals surface area contributed by atoms with Gasteiger partial charge in [0.1, 0.15) is 5.25 Å². The van der Waals surface area contributed by atoms with E-state index in [1.165, 1.54) is 13.8 Å². The molecule has 7 heteroatoms. The normalized spacial score (nSPS) is 14.2. The predicted molar refractivity (Wildman–Crippen MR) is 63.4 cm³/mol. The molecule has 0 N–H and O–H groups in total. The number of carbonyl (C=O) groups excluding carboxylic acids is 1. The van der Waals surface area contributed by atoms with Crippen LogP contribution >= 0.6 is 0 Å². The summed E-state index contributed by atoms with van der Waals surface area (Å²) < 4.78 is 61.0. The van der Waals surface area contributed by atoms with E-state index in [1.807, 2.05) is 0 Å². The van der Waals surface area contributed by atoms with Gasteiger partial charge in [0.2, 0.25) is 0 Å². The van der Waals surface area contributed by atoms with Crippen LogP contribution in [0, 0.1) is 0 Å². The summed E-state index contributed by atoms with van der Waals surface area (Å²) in [4.78, 5) is 11.1. The third-order valence-corrected chi connectivity index (χ3v) is 4.90. The molecule has 0 aliphatic carbocycles. The van der Waals surface area contributed by atoms with Crippen molar-refractivity contribution in [3.63, 3.8) is 0 Å². The second-order valence-corrected chi connectivity index (χ2v) is 6.30. The van der Waals surface area contributed by atoms with Crippen LogP contribution < -0.4 is 0 Å². The number of ketones is 1. The van der Waals surface area contributed by atoms with Gasteiger partial charge in [-0.05, 0) is 31.2 Å². The topological polar surface area (TPSA) is 51.2 Å². The Labute approximate surface area is 109 Å². The quantitative estimate of drug-likeness (QED) is 0.858. The van der Waals surface area contributed by atoms with E-state index >= 15 is 0 Å². The summed E-state index contributed by atoms with van der Waals surface area (Å²) in [6.07, 6.45) is -4.46. The van der Waals surface area contributed by atoms with Gasteiger partial charge in [-0.2, -0.15) is 13.2 Å². The van der Waals surface area contributed by atoms with Crippen molar-refractivity contribution in [1.29, 1.82) is 0 Å². The molecule has 0 radical (unpaired) electrons. The average molecular weight is 294 g/mol. The second-order valence-electron chi connectivity index (χ2n) is 4.03. The number of sulfone groups is 1. The predicted octanol–water partition coefficient (Wildman–Crippen LogP) is 2.85. The Morgan fingerprint density at radius 3 is 2.05 bits per heavy atom. The molecule has 0 saturated heterocycles. The first-order valence-electron chi connectivity index (χ1n) is 5.54. The summed E-state index contributed by atoms with van der Waals surface area (Å²) in [5.41, 5.74) is -0.930. The summed E-state index contributed by atoms with van der Waals surface area (Å²) >= 11 is 0. The first kappa shape index (κ1) is 15.7. The van der Waals surface area contributed by atoms with E-state index in [0.717, 1.165) is 12.1 Å². The van der Waals surface area contributed by atoms with Crippen molar-refractivity contribution >= 4 is 15.6 Å². The van der Waals surface area contributed by atoms with Gasteiger partial charge >= 0.3 is 6.18 Å². The fourth-order valence-corrected chi connectivity index (χ4v) is 2.93. The third-order valence-electron chi connectivity index (χ3n) is 2.78. The van der Waals surface area contributed by atoms with E-state index < -0.39 is 32.6 Å². The molecule has 0 bridgehead atoms. The van der Waals surface area contributed by atoms with Gasteiger partial charge in [-0.1, -0.05) is 6.92 Å². The van der Waals surface area contributed by atoms with E-state index in [2.05, 4.69) is 0 Å². The van der Waals surface area contributed by atoms with Gasteiger partial charge in [0.05, 0.1) is 10.5 Å². The number of benzene rings is 1. The highest BCUT2D eigenvalue weighted by molar-refractivity contribution is 7.92. The van der Waals surface area contributed by atoms with Crippen molar-refractivity contribution in [3.05, 3.63) is 29.8 Å². The van der Waals surface area contributed by atoms with E-state index in [-0.39, 0.29) is 11.3 Å². The minimum Gasteiger partial charge on any atom is -0.298 e. The molecule has 1 unspecified atom stereocenters. The first-order chi connectivity index (χ1) is 8.60. The fourth-order valence-electron chi connectivity index (χ4n) is 1.50. The Kier molecular flexibility index (Phi) is 4.39. The largest absolute Gasteiger partial charge is 0.416 e. The van der Waals surface area contributed by atoms with Crippen LogP contribution in [-0.2, 0) is 20.8 Å².